The first kappa shape index (κ1) is 35.3. The minimum Gasteiger partial charge on any atom is -0.445 e. The van der Waals surface area contributed by atoms with E-state index in [1.807, 2.05) is 84.9 Å². The van der Waals surface area contributed by atoms with Crippen LogP contribution >= 0.6 is 0 Å². The number of nitrogens with zero attached hydrogens (tertiary/aromatic N) is 1. The van der Waals surface area contributed by atoms with Crippen LogP contribution in [0.3, 0.4) is 0 Å². The quantitative estimate of drug-likeness (QED) is 0.0987. The Morgan fingerprint density at radius 1 is 0.760 bits per heavy atom. The fourth-order valence-corrected chi connectivity index (χ4v) is 5.39. The molecule has 2 heterocycles. The van der Waals surface area contributed by atoms with Gasteiger partial charge < -0.3 is 36.1 Å². The Hall–Kier alpha value is -6.01. The van der Waals surface area contributed by atoms with Gasteiger partial charge >= 0.3 is 6.09 Å². The number of aromatic amines is 1. The molecule has 2 unspecified atom stereocenters. The molecule has 0 aliphatic heterocycles. The van der Waals surface area contributed by atoms with Gasteiger partial charge in [-0.1, -0.05) is 84.9 Å². The molecule has 0 radical (unpaired) electrons. The van der Waals surface area contributed by atoms with Crippen LogP contribution in [0.25, 0.3) is 10.9 Å². The minimum atomic E-state index is -1.63. The van der Waals surface area contributed by atoms with Gasteiger partial charge in [0.05, 0.1) is 18.3 Å². The maximum absolute atomic E-state index is 14.1. The van der Waals surface area contributed by atoms with Gasteiger partial charge in [0.25, 0.3) is 5.91 Å². The van der Waals surface area contributed by atoms with E-state index in [0.717, 1.165) is 27.6 Å². The van der Waals surface area contributed by atoms with Gasteiger partial charge in [0.1, 0.15) is 18.7 Å². The molecule has 12 heteroatoms. The fourth-order valence-electron chi connectivity index (χ4n) is 5.39. The second-order valence-electron chi connectivity index (χ2n) is 11.8. The van der Waals surface area contributed by atoms with Gasteiger partial charge in [0, 0.05) is 29.7 Å². The maximum atomic E-state index is 14.1. The number of aliphatic hydroxyl groups is 1. The number of nitrogens with one attached hydrogen (secondary N) is 5. The van der Waals surface area contributed by atoms with E-state index in [-0.39, 0.29) is 26.0 Å². The number of ether oxygens (including phenoxy) is 1. The Balaban J connectivity index is 1.31. The van der Waals surface area contributed by atoms with Crippen LogP contribution in [-0.2, 0) is 45.1 Å². The van der Waals surface area contributed by atoms with Crippen LogP contribution in [0, 0.1) is 0 Å². The largest absolute Gasteiger partial charge is 0.445 e. The van der Waals surface area contributed by atoms with Crippen LogP contribution in [0.2, 0.25) is 0 Å². The molecule has 50 heavy (non-hydrogen) atoms. The number of aliphatic hydroxyl groups excluding tert-OH is 1. The van der Waals surface area contributed by atoms with Crippen molar-refractivity contribution in [1.29, 1.82) is 0 Å². The second-order valence-corrected chi connectivity index (χ2v) is 11.8. The second kappa shape index (κ2) is 17.4. The summed E-state index contributed by atoms with van der Waals surface area (Å²) in [6, 6.07) is 27.8. The van der Waals surface area contributed by atoms with E-state index >= 15 is 0 Å². The van der Waals surface area contributed by atoms with E-state index in [9.17, 15) is 24.3 Å². The molecular weight excluding hydrogens is 636 g/mol. The Labute approximate surface area is 289 Å². The van der Waals surface area contributed by atoms with Gasteiger partial charge in [-0.2, -0.15) is 0 Å². The summed E-state index contributed by atoms with van der Waals surface area (Å²) < 4.78 is 5.26. The predicted molar refractivity (Wildman–Crippen MR) is 187 cm³/mol. The highest BCUT2D eigenvalue weighted by atomic mass is 16.5. The molecule has 6 N–H and O–H groups in total. The number of alkyl carbamates (subject to hydrolysis) is 1. The van der Waals surface area contributed by atoms with Crippen LogP contribution < -0.4 is 21.3 Å². The van der Waals surface area contributed by atoms with Crippen molar-refractivity contribution in [3.05, 3.63) is 138 Å². The molecular formula is C38H40N6O6. The fraction of sp³-hybridized carbons (Fsp3) is 0.237. The molecule has 0 bridgehead atoms. The standard InChI is InChI=1S/C38H40N6O6/c1-25(42-38(49)50-24-27-14-6-3-7-15-27)35(46)44-33(21-28-22-40-31-18-9-8-17-30(28)31)36(47)43-32(20-26-12-4-2-5-13-26)34(45)37(48)41-23-29-16-10-11-19-39-29/h2-19,22,25,32-34,40,45H,20-21,23-24H2,1H3,(H,41,48)(H,42,49)(H,43,47)(H,44,46)/t25-,32?,33-,34?/m0/s1. The maximum Gasteiger partial charge on any atom is 0.408 e. The van der Waals surface area contributed by atoms with Crippen molar-refractivity contribution in [1.82, 2.24) is 31.2 Å². The van der Waals surface area contributed by atoms with E-state index < -0.39 is 48.0 Å². The minimum absolute atomic E-state index is 0.0210. The van der Waals surface area contributed by atoms with Gasteiger partial charge in [-0.15, -0.1) is 0 Å². The number of H-pyrrole nitrogens is 1. The first-order valence-corrected chi connectivity index (χ1v) is 16.3. The number of aromatic nitrogens is 2. The van der Waals surface area contributed by atoms with Gasteiger partial charge in [-0.05, 0) is 48.2 Å². The average molecular weight is 677 g/mol. The van der Waals surface area contributed by atoms with E-state index in [1.54, 1.807) is 30.6 Å². The van der Waals surface area contributed by atoms with Crippen molar-refractivity contribution >= 4 is 34.7 Å². The topological polar surface area (TPSA) is 175 Å². The van der Waals surface area contributed by atoms with E-state index in [4.69, 9.17) is 4.74 Å². The van der Waals surface area contributed by atoms with Gasteiger partial charge in [0.2, 0.25) is 11.8 Å². The molecule has 4 amide bonds. The number of fused-ring (bicyclic) bond motifs is 1. The van der Waals surface area contributed by atoms with Crippen molar-refractivity contribution in [3.63, 3.8) is 0 Å². The molecule has 0 saturated carbocycles. The molecule has 2 aromatic heterocycles. The lowest BCUT2D eigenvalue weighted by Gasteiger charge is -2.27. The highest BCUT2D eigenvalue weighted by molar-refractivity contribution is 5.93. The molecule has 258 valence electrons. The summed E-state index contributed by atoms with van der Waals surface area (Å²) in [6.45, 7) is 1.58. The zero-order chi connectivity index (χ0) is 35.3. The predicted octanol–water partition coefficient (Wildman–Crippen LogP) is 3.31. The van der Waals surface area contributed by atoms with E-state index in [1.165, 1.54) is 6.92 Å². The van der Waals surface area contributed by atoms with Gasteiger partial charge in [-0.3, -0.25) is 19.4 Å². The summed E-state index contributed by atoms with van der Waals surface area (Å²) >= 11 is 0. The highest BCUT2D eigenvalue weighted by Crippen LogP contribution is 2.20. The molecule has 5 rings (SSSR count). The summed E-state index contributed by atoms with van der Waals surface area (Å²) in [5.41, 5.74) is 3.78. The number of carbonyl (C=O) groups is 4. The number of para-hydroxylation sites is 1. The van der Waals surface area contributed by atoms with Gasteiger partial charge in [-0.25, -0.2) is 4.79 Å². The van der Waals surface area contributed by atoms with Crippen molar-refractivity contribution in [2.45, 2.75) is 57.1 Å². The molecule has 0 spiro atoms. The van der Waals surface area contributed by atoms with Crippen molar-refractivity contribution in [3.8, 4) is 0 Å². The molecule has 3 aromatic carbocycles. The van der Waals surface area contributed by atoms with Crippen LogP contribution in [0.1, 0.15) is 29.3 Å². The first-order chi connectivity index (χ1) is 24.3. The van der Waals surface area contributed by atoms with Crippen LogP contribution in [-0.4, -0.2) is 63.1 Å². The number of amides is 4. The molecule has 12 nitrogen and oxygen atoms in total. The van der Waals surface area contributed by atoms with Crippen molar-refractivity contribution in [2.24, 2.45) is 0 Å². The SMILES string of the molecule is C[C@H](NC(=O)OCc1ccccc1)C(=O)N[C@@H](Cc1c[nH]c2ccccc12)C(=O)NC(Cc1ccccc1)C(O)C(=O)NCc1ccccn1. The Kier molecular flexibility index (Phi) is 12.3. The third-order valence-electron chi connectivity index (χ3n) is 8.12. The summed E-state index contributed by atoms with van der Waals surface area (Å²) in [5.74, 6) is -1.95. The number of carbonyl (C=O) groups excluding carboxylic acids is 4. The Morgan fingerprint density at radius 2 is 1.44 bits per heavy atom. The van der Waals surface area contributed by atoms with E-state index in [0.29, 0.717) is 5.69 Å². The number of hydrogen-bond donors (Lipinski definition) is 6. The van der Waals surface area contributed by atoms with Crippen LogP contribution in [0.15, 0.2) is 116 Å². The molecule has 0 fully saturated rings. The number of hydrogen-bond acceptors (Lipinski definition) is 7. The molecule has 5 aromatic rings. The van der Waals surface area contributed by atoms with Crippen molar-refractivity contribution < 1.29 is 29.0 Å². The number of pyridine rings is 1. The smallest absolute Gasteiger partial charge is 0.408 e. The molecule has 4 atom stereocenters. The Morgan fingerprint density at radius 3 is 2.16 bits per heavy atom. The normalized spacial score (nSPS) is 13.3. The first-order valence-electron chi connectivity index (χ1n) is 16.3. The lowest BCUT2D eigenvalue weighted by molar-refractivity contribution is -0.134. The van der Waals surface area contributed by atoms with Gasteiger partial charge in [0.15, 0.2) is 6.10 Å². The zero-order valence-electron chi connectivity index (χ0n) is 27.5. The zero-order valence-corrected chi connectivity index (χ0v) is 27.5. The van der Waals surface area contributed by atoms with Crippen molar-refractivity contribution in [2.75, 3.05) is 0 Å². The monoisotopic (exact) mass is 676 g/mol. The number of rotatable bonds is 15. The molecule has 0 saturated heterocycles. The third-order valence-corrected chi connectivity index (χ3v) is 8.12. The molecule has 0 aliphatic carbocycles. The summed E-state index contributed by atoms with van der Waals surface area (Å²) in [6.07, 6.45) is 1.14. The lowest BCUT2D eigenvalue weighted by Crippen LogP contribution is -2.58. The number of benzene rings is 3. The third kappa shape index (κ3) is 10.0. The lowest BCUT2D eigenvalue weighted by atomic mass is 9.98. The molecule has 0 aliphatic rings. The van der Waals surface area contributed by atoms with Crippen LogP contribution in [0.4, 0.5) is 4.79 Å². The summed E-state index contributed by atoms with van der Waals surface area (Å²) in [4.78, 5) is 60.5. The summed E-state index contributed by atoms with van der Waals surface area (Å²) in [7, 11) is 0. The van der Waals surface area contributed by atoms with Crippen LogP contribution in [0.5, 0.6) is 0 Å². The Bertz CT molecular complexity index is 1870. The highest BCUT2D eigenvalue weighted by Gasteiger charge is 2.32. The average Bonchev–Trinajstić information content (AvgIpc) is 3.55. The summed E-state index contributed by atoms with van der Waals surface area (Å²) in [5, 5.41) is 22.9. The van der Waals surface area contributed by atoms with E-state index in [2.05, 4.69) is 31.2 Å².